The van der Waals surface area contributed by atoms with E-state index in [0.717, 1.165) is 5.56 Å². The molecule has 0 spiro atoms. The number of benzene rings is 2. The number of carbonyl (C=O) groups excluding carboxylic acids is 2. The van der Waals surface area contributed by atoms with Crippen molar-refractivity contribution in [2.24, 2.45) is 4.99 Å². The third kappa shape index (κ3) is 4.92. The van der Waals surface area contributed by atoms with Crippen LogP contribution in [-0.2, 0) is 14.3 Å². The van der Waals surface area contributed by atoms with E-state index in [0.29, 0.717) is 31.9 Å². The van der Waals surface area contributed by atoms with Gasteiger partial charge in [-0.1, -0.05) is 60.4 Å². The van der Waals surface area contributed by atoms with E-state index in [1.165, 1.54) is 36.0 Å². The van der Waals surface area contributed by atoms with E-state index in [2.05, 4.69) is 11.6 Å². The van der Waals surface area contributed by atoms with Crippen LogP contribution < -0.4 is 24.4 Å². The van der Waals surface area contributed by atoms with Crippen LogP contribution in [0.5, 0.6) is 11.5 Å². The smallest absolute Gasteiger partial charge is 0.338 e. The molecule has 36 heavy (non-hydrogen) atoms. The highest BCUT2D eigenvalue weighted by atomic mass is 32.1. The molecule has 2 aromatic carbocycles. The Kier molecular flexibility index (Phi) is 7.30. The first kappa shape index (κ1) is 24.9. The van der Waals surface area contributed by atoms with E-state index in [1.54, 1.807) is 31.2 Å². The van der Waals surface area contributed by atoms with Crippen molar-refractivity contribution in [3.8, 4) is 11.5 Å². The number of hydrogen-bond donors (Lipinski definition) is 0. The average molecular weight is 505 g/mol. The molecule has 0 radical (unpaired) electrons. The predicted molar refractivity (Wildman–Crippen MR) is 136 cm³/mol. The van der Waals surface area contributed by atoms with Gasteiger partial charge in [0.15, 0.2) is 16.3 Å². The molecule has 1 atom stereocenters. The number of aromatic nitrogens is 1. The van der Waals surface area contributed by atoms with E-state index in [-0.39, 0.29) is 17.9 Å². The number of methoxy groups -OCH3 is 1. The summed E-state index contributed by atoms with van der Waals surface area (Å²) in [6, 6.07) is 13.6. The standard InChI is InChI=1S/C27H24N2O6S/c1-5-13-34-26(32)23-16(2)28-27-29(24(23)19-9-7-6-8-10-19)25(31)22(36-27)15-18-11-12-20(35-17(3)30)21(14-18)33-4/h5-12,14-15,24H,1,13H2,2-4H3/b22-15-/t24-/m0/s1. The first-order valence-corrected chi connectivity index (χ1v) is 11.9. The lowest BCUT2D eigenvalue weighted by molar-refractivity contribution is -0.138. The molecule has 1 aromatic heterocycles. The lowest BCUT2D eigenvalue weighted by atomic mass is 9.96. The van der Waals surface area contributed by atoms with Gasteiger partial charge in [0.25, 0.3) is 5.56 Å². The van der Waals surface area contributed by atoms with Gasteiger partial charge >= 0.3 is 11.9 Å². The van der Waals surface area contributed by atoms with Crippen LogP contribution in [0.2, 0.25) is 0 Å². The number of fused-ring (bicyclic) bond motifs is 1. The molecule has 2 heterocycles. The van der Waals surface area contributed by atoms with Crippen molar-refractivity contribution < 1.29 is 23.8 Å². The highest BCUT2D eigenvalue weighted by Crippen LogP contribution is 2.31. The third-order valence-electron chi connectivity index (χ3n) is 5.43. The molecule has 0 N–H and O–H groups in total. The molecule has 0 aliphatic carbocycles. The molecule has 9 heteroatoms. The first-order chi connectivity index (χ1) is 17.3. The Hall–Kier alpha value is -4.24. The van der Waals surface area contributed by atoms with Gasteiger partial charge in [-0.15, -0.1) is 0 Å². The Morgan fingerprint density at radius 2 is 1.92 bits per heavy atom. The van der Waals surface area contributed by atoms with Gasteiger partial charge in [-0.05, 0) is 36.3 Å². The normalized spacial score (nSPS) is 15.1. The zero-order valence-electron chi connectivity index (χ0n) is 20.0. The fourth-order valence-corrected chi connectivity index (χ4v) is 4.96. The van der Waals surface area contributed by atoms with E-state index in [1.807, 2.05) is 30.3 Å². The number of allylic oxidation sites excluding steroid dienone is 1. The molecule has 0 unspecified atom stereocenters. The summed E-state index contributed by atoms with van der Waals surface area (Å²) >= 11 is 1.22. The van der Waals surface area contributed by atoms with Gasteiger partial charge in [0.2, 0.25) is 0 Å². The summed E-state index contributed by atoms with van der Waals surface area (Å²) in [5.41, 5.74) is 1.92. The Morgan fingerprint density at radius 1 is 1.17 bits per heavy atom. The van der Waals surface area contributed by atoms with Crippen LogP contribution in [0.15, 0.2) is 82.2 Å². The van der Waals surface area contributed by atoms with Crippen molar-refractivity contribution in [1.29, 1.82) is 0 Å². The van der Waals surface area contributed by atoms with Gasteiger partial charge in [-0.2, -0.15) is 0 Å². The largest absolute Gasteiger partial charge is 0.493 e. The molecular weight excluding hydrogens is 480 g/mol. The number of esters is 2. The molecule has 0 fully saturated rings. The van der Waals surface area contributed by atoms with Crippen molar-refractivity contribution in [3.05, 3.63) is 103 Å². The van der Waals surface area contributed by atoms with E-state index in [4.69, 9.17) is 14.2 Å². The molecule has 1 aliphatic rings. The molecule has 3 aromatic rings. The predicted octanol–water partition coefficient (Wildman–Crippen LogP) is 2.90. The molecule has 184 valence electrons. The fourth-order valence-electron chi connectivity index (χ4n) is 3.91. The molecule has 1 aliphatic heterocycles. The highest BCUT2D eigenvalue weighted by Gasteiger charge is 2.33. The number of ether oxygens (including phenoxy) is 3. The summed E-state index contributed by atoms with van der Waals surface area (Å²) < 4.78 is 17.8. The lowest BCUT2D eigenvalue weighted by Gasteiger charge is -2.24. The Morgan fingerprint density at radius 3 is 2.58 bits per heavy atom. The third-order valence-corrected chi connectivity index (χ3v) is 6.41. The minimum atomic E-state index is -0.692. The van der Waals surface area contributed by atoms with Crippen LogP contribution in [0.3, 0.4) is 0 Å². The first-order valence-electron chi connectivity index (χ1n) is 11.1. The summed E-state index contributed by atoms with van der Waals surface area (Å²) in [5, 5.41) is 0. The van der Waals surface area contributed by atoms with Crippen LogP contribution in [0, 0.1) is 0 Å². The number of carbonyl (C=O) groups is 2. The number of nitrogens with zero attached hydrogens (tertiary/aromatic N) is 2. The van der Waals surface area contributed by atoms with Gasteiger partial charge in [0.1, 0.15) is 6.61 Å². The van der Waals surface area contributed by atoms with Crippen LogP contribution in [0.4, 0.5) is 0 Å². The van der Waals surface area contributed by atoms with Gasteiger partial charge in [0.05, 0.1) is 29.0 Å². The van der Waals surface area contributed by atoms with Gasteiger partial charge in [-0.25, -0.2) is 9.79 Å². The quantitative estimate of drug-likeness (QED) is 0.279. The van der Waals surface area contributed by atoms with E-state index in [9.17, 15) is 14.4 Å². The second-order valence-electron chi connectivity index (χ2n) is 7.88. The fraction of sp³-hybridized carbons (Fsp3) is 0.185. The maximum absolute atomic E-state index is 13.6. The van der Waals surface area contributed by atoms with E-state index >= 15 is 0 Å². The monoisotopic (exact) mass is 504 g/mol. The van der Waals surface area contributed by atoms with Crippen LogP contribution in [-0.4, -0.2) is 30.2 Å². The molecule has 0 amide bonds. The molecule has 0 bridgehead atoms. The van der Waals surface area contributed by atoms with Crippen molar-refractivity contribution in [1.82, 2.24) is 4.57 Å². The second-order valence-corrected chi connectivity index (χ2v) is 8.89. The molecule has 0 saturated carbocycles. The summed E-state index contributed by atoms with van der Waals surface area (Å²) in [4.78, 5) is 43.0. The van der Waals surface area contributed by atoms with Crippen molar-refractivity contribution >= 4 is 29.4 Å². The number of thiazole rings is 1. The van der Waals surface area contributed by atoms with Gasteiger partial charge in [-0.3, -0.25) is 14.2 Å². The second kappa shape index (κ2) is 10.6. The summed E-state index contributed by atoms with van der Waals surface area (Å²) in [5.74, 6) is -0.374. The summed E-state index contributed by atoms with van der Waals surface area (Å²) in [6.45, 7) is 6.68. The lowest BCUT2D eigenvalue weighted by Crippen LogP contribution is -2.39. The molecule has 4 rings (SSSR count). The zero-order chi connectivity index (χ0) is 25.8. The zero-order valence-corrected chi connectivity index (χ0v) is 20.8. The van der Waals surface area contributed by atoms with Crippen molar-refractivity contribution in [2.75, 3.05) is 13.7 Å². The van der Waals surface area contributed by atoms with Crippen molar-refractivity contribution in [3.63, 3.8) is 0 Å². The Balaban J connectivity index is 1.87. The molecular formula is C27H24N2O6S. The maximum atomic E-state index is 13.6. The minimum Gasteiger partial charge on any atom is -0.493 e. The van der Waals surface area contributed by atoms with Crippen LogP contribution in [0.25, 0.3) is 6.08 Å². The Bertz CT molecular complexity index is 1550. The minimum absolute atomic E-state index is 0.0483. The van der Waals surface area contributed by atoms with Gasteiger partial charge in [0, 0.05) is 6.92 Å². The number of hydrogen-bond acceptors (Lipinski definition) is 8. The maximum Gasteiger partial charge on any atom is 0.338 e. The summed E-state index contributed by atoms with van der Waals surface area (Å²) in [6.07, 6.45) is 3.20. The summed E-state index contributed by atoms with van der Waals surface area (Å²) in [7, 11) is 1.47. The van der Waals surface area contributed by atoms with E-state index < -0.39 is 18.0 Å². The SMILES string of the molecule is C=CCOC(=O)C1=C(C)N=c2s/c(=C\c3ccc(OC(C)=O)c(OC)c3)c(=O)n2[C@H]1c1ccccc1. The van der Waals surface area contributed by atoms with Crippen LogP contribution >= 0.6 is 11.3 Å². The van der Waals surface area contributed by atoms with Crippen LogP contribution in [0.1, 0.15) is 31.0 Å². The van der Waals surface area contributed by atoms with Gasteiger partial charge < -0.3 is 14.2 Å². The highest BCUT2D eigenvalue weighted by molar-refractivity contribution is 7.07. The topological polar surface area (TPSA) is 96.2 Å². The average Bonchev–Trinajstić information content (AvgIpc) is 3.16. The molecule has 0 saturated heterocycles. The molecule has 8 nitrogen and oxygen atoms in total. The van der Waals surface area contributed by atoms with Crippen molar-refractivity contribution in [2.45, 2.75) is 19.9 Å². The Labute approximate surface area is 211 Å². The number of rotatable bonds is 7.